The molecule has 332 valence electrons. The molecule has 2 aromatic carbocycles. The summed E-state index contributed by atoms with van der Waals surface area (Å²) in [6.07, 6.45) is -7.53. The van der Waals surface area contributed by atoms with Crippen LogP contribution in [0.4, 0.5) is 26.3 Å². The maximum absolute atomic E-state index is 13.1. The van der Waals surface area contributed by atoms with Gasteiger partial charge in [-0.1, -0.05) is 83.3 Å². The van der Waals surface area contributed by atoms with Crippen LogP contribution in [-0.2, 0) is 45.9 Å². The first-order chi connectivity index (χ1) is 28.7. The van der Waals surface area contributed by atoms with E-state index in [0.29, 0.717) is 67.7 Å². The van der Waals surface area contributed by atoms with E-state index in [4.69, 9.17) is 46.4 Å². The molecule has 0 bridgehead atoms. The molecule has 0 unspecified atom stereocenters. The fraction of sp³-hybridized carbons (Fsp3) is 0.436. The Balaban J connectivity index is 0.000000232. The number of tetrazole rings is 1. The smallest absolute Gasteiger partial charge is 0.341 e. The number of alkyl halides is 6. The Morgan fingerprint density at radius 1 is 0.710 bits per heavy atom. The summed E-state index contributed by atoms with van der Waals surface area (Å²) in [6.45, 7) is 3.45. The molecular formula is C39H39Cl4F6N11O2. The quantitative estimate of drug-likeness (QED) is 0.159. The lowest BCUT2D eigenvalue weighted by atomic mass is 9.72. The number of piperidine rings is 2. The number of benzene rings is 2. The number of nitrogens with zero attached hydrogens (tertiary/aromatic N) is 10. The summed E-state index contributed by atoms with van der Waals surface area (Å²) in [5, 5.41) is 31.4. The van der Waals surface area contributed by atoms with Crippen LogP contribution in [0.2, 0.25) is 20.1 Å². The van der Waals surface area contributed by atoms with Gasteiger partial charge in [0.2, 0.25) is 11.8 Å². The molecule has 5 aromatic rings. The van der Waals surface area contributed by atoms with Crippen LogP contribution >= 0.6 is 46.4 Å². The summed E-state index contributed by atoms with van der Waals surface area (Å²) in [5.74, 6) is -0.209. The number of aromatic amines is 1. The zero-order chi connectivity index (χ0) is 44.5. The number of amides is 2. The molecule has 1 N–H and O–H groups in total. The van der Waals surface area contributed by atoms with Crippen molar-refractivity contribution in [1.82, 2.24) is 50.0 Å². The fourth-order valence-electron chi connectivity index (χ4n) is 7.46. The molecule has 5 heterocycles. The Labute approximate surface area is 371 Å². The number of halogens is 10. The first-order valence-electron chi connectivity index (χ1n) is 18.5. The number of H-pyrrole nitrogens is 1. The van der Waals surface area contributed by atoms with Gasteiger partial charge in [-0.3, -0.25) is 19.0 Å². The van der Waals surface area contributed by atoms with Crippen LogP contribution in [0.3, 0.4) is 0 Å². The highest BCUT2D eigenvalue weighted by Crippen LogP contribution is 2.41. The van der Waals surface area contributed by atoms with Crippen LogP contribution in [0, 0.1) is 25.2 Å². The van der Waals surface area contributed by atoms with E-state index < -0.39 is 44.6 Å². The van der Waals surface area contributed by atoms with Crippen molar-refractivity contribution in [2.75, 3.05) is 26.2 Å². The van der Waals surface area contributed by atoms with Gasteiger partial charge >= 0.3 is 12.4 Å². The molecule has 0 saturated carbocycles. The SMILES string of the molecule is C.Cc1c(Cl)c(C(F)(F)F)nn1CC(=O)N1CCC(C#N)(c2ccc(Cl)cc2)CC1.Cc1c(Cl)c(C(F)(F)F)nn1CC(=O)N1CCC(c2ccc(Cl)cc2)(c2nn[nH]n2)CC1. The first kappa shape index (κ1) is 48.1. The Morgan fingerprint density at radius 2 is 1.11 bits per heavy atom. The number of hydrogen-bond acceptors (Lipinski definition) is 8. The van der Waals surface area contributed by atoms with Gasteiger partial charge in [0.25, 0.3) is 0 Å². The lowest BCUT2D eigenvalue weighted by Crippen LogP contribution is -2.47. The van der Waals surface area contributed by atoms with Gasteiger partial charge in [-0.05, 0) is 74.9 Å². The van der Waals surface area contributed by atoms with Crippen LogP contribution in [0.1, 0.15) is 72.8 Å². The van der Waals surface area contributed by atoms with E-state index in [1.54, 1.807) is 41.3 Å². The molecule has 13 nitrogen and oxygen atoms in total. The van der Waals surface area contributed by atoms with Crippen LogP contribution in [0.5, 0.6) is 0 Å². The maximum Gasteiger partial charge on any atom is 0.436 e. The molecule has 2 aliphatic heterocycles. The highest BCUT2D eigenvalue weighted by atomic mass is 35.5. The van der Waals surface area contributed by atoms with Crippen LogP contribution < -0.4 is 0 Å². The standard InChI is InChI=1S/C19H18Cl2F3N7O.C19H17Cl2F3N4O.CH4/c1-11-15(21)16(19(22,23)24)27-31(11)10-14(32)30-8-6-18(7-9-30,17-25-28-29-26-17)12-2-4-13(20)5-3-12;1-12-16(21)17(19(22,23)24)26-28(12)10-15(29)27-8-6-18(11-25,7-9-27)13-2-4-14(20)5-3-13;/h2-5H,6-10H2,1H3,(H,25,26,28,29);2-5H,6-10H2,1H3;1H4. The molecule has 0 spiro atoms. The first-order valence-corrected chi connectivity index (χ1v) is 20.0. The van der Waals surface area contributed by atoms with E-state index >= 15 is 0 Å². The number of nitrogens with one attached hydrogen (secondary N) is 1. The third-order valence-electron chi connectivity index (χ3n) is 11.1. The molecule has 62 heavy (non-hydrogen) atoms. The fourth-order valence-corrected chi connectivity index (χ4v) is 8.20. The summed E-state index contributed by atoms with van der Waals surface area (Å²) >= 11 is 23.4. The molecule has 2 saturated heterocycles. The summed E-state index contributed by atoms with van der Waals surface area (Å²) in [7, 11) is 0. The second-order valence-corrected chi connectivity index (χ2v) is 16.2. The molecule has 0 aliphatic carbocycles. The maximum atomic E-state index is 13.1. The van der Waals surface area contributed by atoms with Crippen molar-refractivity contribution in [3.63, 3.8) is 0 Å². The van der Waals surface area contributed by atoms with Gasteiger partial charge in [0.15, 0.2) is 17.2 Å². The van der Waals surface area contributed by atoms with Gasteiger partial charge < -0.3 is 9.80 Å². The zero-order valence-corrected chi connectivity index (χ0v) is 35.3. The summed E-state index contributed by atoms with van der Waals surface area (Å²) < 4.78 is 80.0. The summed E-state index contributed by atoms with van der Waals surface area (Å²) in [5.41, 5.74) is -1.74. The van der Waals surface area contributed by atoms with E-state index in [9.17, 15) is 41.2 Å². The minimum absolute atomic E-state index is 0. The molecule has 2 fully saturated rings. The molecule has 0 radical (unpaired) electrons. The van der Waals surface area contributed by atoms with E-state index in [1.165, 1.54) is 18.7 Å². The molecule has 0 atom stereocenters. The topological polar surface area (TPSA) is 155 Å². The van der Waals surface area contributed by atoms with Crippen molar-refractivity contribution in [3.8, 4) is 6.07 Å². The lowest BCUT2D eigenvalue weighted by molar-refractivity contribution is -0.142. The van der Waals surface area contributed by atoms with Crippen molar-refractivity contribution in [2.45, 2.75) is 83.2 Å². The Kier molecular flexibility index (Phi) is 14.6. The normalized spacial score (nSPS) is 16.2. The third-order valence-corrected chi connectivity index (χ3v) is 12.5. The average Bonchev–Trinajstić information content (AvgIpc) is 3.95. The van der Waals surface area contributed by atoms with E-state index in [2.05, 4.69) is 36.9 Å². The van der Waals surface area contributed by atoms with Crippen molar-refractivity contribution in [1.29, 1.82) is 5.26 Å². The molecular weight excluding hydrogens is 910 g/mol. The van der Waals surface area contributed by atoms with Gasteiger partial charge in [0.1, 0.15) is 13.1 Å². The Bertz CT molecular complexity index is 2400. The number of carbonyl (C=O) groups excluding carboxylic acids is 2. The third kappa shape index (κ3) is 9.98. The average molecular weight is 950 g/mol. The number of carbonyl (C=O) groups is 2. The van der Waals surface area contributed by atoms with Crippen LogP contribution in [0.15, 0.2) is 48.5 Å². The molecule has 3 aromatic heterocycles. The molecule has 7 rings (SSSR count). The van der Waals surface area contributed by atoms with Gasteiger partial charge in [0.05, 0.1) is 38.3 Å². The minimum Gasteiger partial charge on any atom is -0.341 e. The van der Waals surface area contributed by atoms with Crippen LogP contribution in [-0.4, -0.2) is 88.0 Å². The number of hydrogen-bond donors (Lipinski definition) is 1. The predicted molar refractivity (Wildman–Crippen MR) is 217 cm³/mol. The molecule has 23 heteroatoms. The summed E-state index contributed by atoms with van der Waals surface area (Å²) in [6, 6.07) is 16.7. The second kappa shape index (κ2) is 18.8. The minimum atomic E-state index is -4.69. The van der Waals surface area contributed by atoms with E-state index in [0.717, 1.165) is 20.5 Å². The highest BCUT2D eigenvalue weighted by molar-refractivity contribution is 6.32. The van der Waals surface area contributed by atoms with Crippen molar-refractivity contribution in [2.24, 2.45) is 0 Å². The number of nitriles is 1. The predicted octanol–water partition coefficient (Wildman–Crippen LogP) is 8.88. The number of rotatable bonds is 7. The summed E-state index contributed by atoms with van der Waals surface area (Å²) in [4.78, 5) is 28.6. The monoisotopic (exact) mass is 947 g/mol. The van der Waals surface area contributed by atoms with E-state index in [1.807, 2.05) is 12.1 Å². The van der Waals surface area contributed by atoms with Gasteiger partial charge in [-0.15, -0.1) is 10.2 Å². The van der Waals surface area contributed by atoms with Crippen molar-refractivity contribution in [3.05, 3.63) is 108 Å². The van der Waals surface area contributed by atoms with Gasteiger partial charge in [-0.25, -0.2) is 0 Å². The second-order valence-electron chi connectivity index (χ2n) is 14.6. The largest absolute Gasteiger partial charge is 0.436 e. The van der Waals surface area contributed by atoms with Crippen molar-refractivity contribution < 1.29 is 35.9 Å². The number of likely N-dealkylation sites (tertiary alicyclic amines) is 2. The van der Waals surface area contributed by atoms with Gasteiger partial charge in [-0.2, -0.15) is 47.0 Å². The molecule has 2 amide bonds. The number of aromatic nitrogens is 8. The van der Waals surface area contributed by atoms with Crippen LogP contribution in [0.25, 0.3) is 0 Å². The highest BCUT2D eigenvalue weighted by Gasteiger charge is 2.44. The Morgan fingerprint density at radius 3 is 1.47 bits per heavy atom. The Hall–Kier alpha value is -4.90. The van der Waals surface area contributed by atoms with E-state index in [-0.39, 0.29) is 43.7 Å². The van der Waals surface area contributed by atoms with Gasteiger partial charge in [0, 0.05) is 36.2 Å². The molecule has 2 aliphatic rings. The zero-order valence-electron chi connectivity index (χ0n) is 32.3. The van der Waals surface area contributed by atoms with Crippen molar-refractivity contribution >= 4 is 58.2 Å². The lowest BCUT2D eigenvalue weighted by Gasteiger charge is -2.40.